The Morgan fingerprint density at radius 1 is 1.00 bits per heavy atom. The fraction of sp³-hybridized carbons (Fsp3) is 0.0435. The number of rotatable bonds is 5. The SMILES string of the molecule is O=C1NC(=Nc2ccc(Br)c(Cl)c2)S/C1=C\c1ccc(OCc2ccc(Br)cc2Br)cc1. The van der Waals surface area contributed by atoms with E-state index in [4.69, 9.17) is 16.3 Å². The normalized spacial score (nSPS) is 15.9. The summed E-state index contributed by atoms with van der Waals surface area (Å²) in [5, 5.41) is 3.86. The first-order valence-electron chi connectivity index (χ1n) is 9.29. The zero-order chi connectivity index (χ0) is 22.7. The van der Waals surface area contributed by atoms with Gasteiger partial charge in [0.2, 0.25) is 0 Å². The van der Waals surface area contributed by atoms with Crippen LogP contribution in [0.15, 0.2) is 84.0 Å². The van der Waals surface area contributed by atoms with Crippen molar-refractivity contribution in [2.75, 3.05) is 0 Å². The van der Waals surface area contributed by atoms with E-state index in [0.29, 0.717) is 27.4 Å². The molecule has 1 aliphatic heterocycles. The number of nitrogens with zero attached hydrogens (tertiary/aromatic N) is 1. The molecule has 9 heteroatoms. The van der Waals surface area contributed by atoms with Crippen LogP contribution >= 0.6 is 71.2 Å². The van der Waals surface area contributed by atoms with E-state index in [-0.39, 0.29) is 5.91 Å². The third kappa shape index (κ3) is 6.05. The van der Waals surface area contributed by atoms with Crippen LogP contribution in [0.3, 0.4) is 0 Å². The van der Waals surface area contributed by atoms with Crippen LogP contribution in [0.2, 0.25) is 5.02 Å². The fourth-order valence-electron chi connectivity index (χ4n) is 2.76. The number of halogens is 4. The molecule has 0 aliphatic carbocycles. The molecule has 1 N–H and O–H groups in total. The number of ether oxygens (including phenoxy) is 1. The average molecular weight is 658 g/mol. The zero-order valence-electron chi connectivity index (χ0n) is 16.2. The molecule has 3 aromatic rings. The second-order valence-corrected chi connectivity index (χ2v) is 10.7. The number of nitrogens with one attached hydrogen (secondary N) is 1. The predicted molar refractivity (Wildman–Crippen MR) is 143 cm³/mol. The van der Waals surface area contributed by atoms with Gasteiger partial charge in [-0.3, -0.25) is 4.79 Å². The Balaban J connectivity index is 1.41. The Labute approximate surface area is 219 Å². The third-order valence-corrected chi connectivity index (χ3v) is 7.75. The molecule has 0 unspecified atom stereocenters. The number of hydrogen-bond acceptors (Lipinski definition) is 4. The Hall–Kier alpha value is -1.58. The molecule has 0 atom stereocenters. The molecule has 1 fully saturated rings. The minimum Gasteiger partial charge on any atom is -0.489 e. The predicted octanol–water partition coefficient (Wildman–Crippen LogP) is 8.10. The average Bonchev–Trinajstić information content (AvgIpc) is 3.10. The number of amides is 1. The van der Waals surface area contributed by atoms with Crippen molar-refractivity contribution in [2.45, 2.75) is 6.61 Å². The van der Waals surface area contributed by atoms with Crippen LogP contribution in [-0.4, -0.2) is 11.1 Å². The molecule has 1 heterocycles. The van der Waals surface area contributed by atoms with Gasteiger partial charge in [0, 0.05) is 19.0 Å². The summed E-state index contributed by atoms with van der Waals surface area (Å²) in [5.41, 5.74) is 2.62. The van der Waals surface area contributed by atoms with Crippen molar-refractivity contribution in [3.05, 3.63) is 95.1 Å². The molecule has 0 radical (unpaired) electrons. The van der Waals surface area contributed by atoms with E-state index in [1.807, 2.05) is 60.7 Å². The van der Waals surface area contributed by atoms with Gasteiger partial charge in [0.25, 0.3) is 5.91 Å². The third-order valence-electron chi connectivity index (χ3n) is 4.37. The van der Waals surface area contributed by atoms with Crippen LogP contribution in [-0.2, 0) is 11.4 Å². The summed E-state index contributed by atoms with van der Waals surface area (Å²) in [4.78, 5) is 17.4. The lowest BCUT2D eigenvalue weighted by Crippen LogP contribution is -2.19. The number of benzene rings is 3. The van der Waals surface area contributed by atoms with E-state index in [1.165, 1.54) is 11.8 Å². The minimum absolute atomic E-state index is 0.183. The Morgan fingerprint density at radius 2 is 1.78 bits per heavy atom. The zero-order valence-corrected chi connectivity index (χ0v) is 22.6. The van der Waals surface area contributed by atoms with E-state index in [9.17, 15) is 4.79 Å². The summed E-state index contributed by atoms with van der Waals surface area (Å²) in [5.74, 6) is 0.567. The highest BCUT2D eigenvalue weighted by atomic mass is 79.9. The first-order chi connectivity index (χ1) is 15.4. The van der Waals surface area contributed by atoms with Gasteiger partial charge in [-0.25, -0.2) is 4.99 Å². The molecule has 0 spiro atoms. The van der Waals surface area contributed by atoms with E-state index in [1.54, 1.807) is 6.07 Å². The fourth-order valence-corrected chi connectivity index (χ4v) is 5.19. The van der Waals surface area contributed by atoms with Gasteiger partial charge < -0.3 is 10.1 Å². The molecule has 1 amide bonds. The monoisotopic (exact) mass is 654 g/mol. The summed E-state index contributed by atoms with van der Waals surface area (Å²) in [7, 11) is 0. The standard InChI is InChI=1S/C23H14Br3ClN2O2S/c24-15-4-3-14(19(26)10-15)12-31-17-6-1-13(2-7-17)9-21-22(30)29-23(32-21)28-16-5-8-18(25)20(27)11-16/h1-11H,12H2,(H,28,29,30)/b21-9-. The molecule has 3 aromatic carbocycles. The van der Waals surface area contributed by atoms with Crippen LogP contribution in [0, 0.1) is 0 Å². The largest absolute Gasteiger partial charge is 0.489 e. The lowest BCUT2D eigenvalue weighted by Gasteiger charge is -2.08. The topological polar surface area (TPSA) is 50.7 Å². The maximum Gasteiger partial charge on any atom is 0.264 e. The van der Waals surface area contributed by atoms with E-state index in [0.717, 1.165) is 30.3 Å². The van der Waals surface area contributed by atoms with Crippen molar-refractivity contribution in [1.82, 2.24) is 5.32 Å². The molecule has 162 valence electrons. The van der Waals surface area contributed by atoms with Crippen molar-refractivity contribution in [3.63, 3.8) is 0 Å². The number of amidine groups is 1. The van der Waals surface area contributed by atoms with Crippen molar-refractivity contribution < 1.29 is 9.53 Å². The number of carbonyl (C=O) groups excluding carboxylic acids is 1. The van der Waals surface area contributed by atoms with Crippen LogP contribution in [0.1, 0.15) is 11.1 Å². The van der Waals surface area contributed by atoms with E-state index >= 15 is 0 Å². The maximum absolute atomic E-state index is 12.3. The van der Waals surface area contributed by atoms with Gasteiger partial charge in [-0.1, -0.05) is 61.7 Å². The van der Waals surface area contributed by atoms with Gasteiger partial charge in [0.15, 0.2) is 5.17 Å². The molecule has 4 rings (SSSR count). The molecule has 1 aliphatic rings. The molecule has 0 saturated carbocycles. The van der Waals surface area contributed by atoms with Crippen LogP contribution in [0.25, 0.3) is 6.08 Å². The van der Waals surface area contributed by atoms with Gasteiger partial charge in [-0.2, -0.15) is 0 Å². The minimum atomic E-state index is -0.183. The van der Waals surface area contributed by atoms with Crippen molar-refractivity contribution in [3.8, 4) is 5.75 Å². The molecule has 0 bridgehead atoms. The Kier molecular flexibility index (Phi) is 7.78. The first-order valence-corrected chi connectivity index (χ1v) is 12.9. The molecular weight excluding hydrogens is 643 g/mol. The first kappa shape index (κ1) is 23.6. The van der Waals surface area contributed by atoms with Gasteiger partial charge in [-0.15, -0.1) is 0 Å². The summed E-state index contributed by atoms with van der Waals surface area (Å²) in [6, 6.07) is 18.9. The molecule has 1 saturated heterocycles. The lowest BCUT2D eigenvalue weighted by molar-refractivity contribution is -0.115. The maximum atomic E-state index is 12.3. The number of aliphatic imine (C=N–C) groups is 1. The highest BCUT2D eigenvalue weighted by molar-refractivity contribution is 9.11. The van der Waals surface area contributed by atoms with Gasteiger partial charge in [0.1, 0.15) is 12.4 Å². The second kappa shape index (κ2) is 10.6. The van der Waals surface area contributed by atoms with Gasteiger partial charge in [0.05, 0.1) is 15.6 Å². The Morgan fingerprint density at radius 3 is 2.50 bits per heavy atom. The van der Waals surface area contributed by atoms with Gasteiger partial charge in [-0.05, 0) is 81.8 Å². The van der Waals surface area contributed by atoms with Crippen molar-refractivity contribution in [2.24, 2.45) is 4.99 Å². The smallest absolute Gasteiger partial charge is 0.264 e. The summed E-state index contributed by atoms with van der Waals surface area (Å²) < 4.78 is 8.67. The summed E-state index contributed by atoms with van der Waals surface area (Å²) >= 11 is 17.7. The number of hydrogen-bond donors (Lipinski definition) is 1. The van der Waals surface area contributed by atoms with E-state index in [2.05, 4.69) is 58.1 Å². The highest BCUT2D eigenvalue weighted by Crippen LogP contribution is 2.31. The van der Waals surface area contributed by atoms with Crippen molar-refractivity contribution >= 4 is 94.0 Å². The molecular formula is C23H14Br3ClN2O2S. The summed E-state index contributed by atoms with van der Waals surface area (Å²) in [6.07, 6.45) is 1.83. The number of carbonyl (C=O) groups is 1. The Bertz CT molecular complexity index is 1250. The highest BCUT2D eigenvalue weighted by Gasteiger charge is 2.23. The molecule has 32 heavy (non-hydrogen) atoms. The van der Waals surface area contributed by atoms with Gasteiger partial charge >= 0.3 is 0 Å². The molecule has 0 aromatic heterocycles. The quantitative estimate of drug-likeness (QED) is 0.282. The lowest BCUT2D eigenvalue weighted by atomic mass is 10.2. The van der Waals surface area contributed by atoms with Crippen LogP contribution in [0.4, 0.5) is 5.69 Å². The van der Waals surface area contributed by atoms with Crippen LogP contribution < -0.4 is 10.1 Å². The summed E-state index contributed by atoms with van der Waals surface area (Å²) in [6.45, 7) is 0.451. The van der Waals surface area contributed by atoms with E-state index < -0.39 is 0 Å². The number of thioether (sulfide) groups is 1. The molecule has 4 nitrogen and oxygen atoms in total. The second-order valence-electron chi connectivity index (χ2n) is 6.67. The van der Waals surface area contributed by atoms with Crippen molar-refractivity contribution in [1.29, 1.82) is 0 Å². The van der Waals surface area contributed by atoms with Crippen LogP contribution in [0.5, 0.6) is 5.75 Å².